The highest BCUT2D eigenvalue weighted by molar-refractivity contribution is 7.21. The van der Waals surface area contributed by atoms with Crippen molar-refractivity contribution >= 4 is 38.8 Å². The van der Waals surface area contributed by atoms with Gasteiger partial charge >= 0.3 is 6.09 Å². The van der Waals surface area contributed by atoms with Crippen molar-refractivity contribution in [2.45, 2.75) is 39.2 Å². The van der Waals surface area contributed by atoms with Gasteiger partial charge in [0.15, 0.2) is 5.13 Å². The second kappa shape index (κ2) is 8.72. The summed E-state index contributed by atoms with van der Waals surface area (Å²) in [6.07, 6.45) is 2.35. The Morgan fingerprint density at radius 3 is 2.68 bits per heavy atom. The highest BCUT2D eigenvalue weighted by Crippen LogP contribution is 2.27. The number of alkyl carbamates (subject to hydrolysis) is 1. The first kappa shape index (κ1) is 20.3. The van der Waals surface area contributed by atoms with Crippen LogP contribution in [0.4, 0.5) is 9.93 Å². The van der Waals surface area contributed by atoms with E-state index in [0.717, 1.165) is 28.6 Å². The van der Waals surface area contributed by atoms with Crippen LogP contribution in [0.15, 0.2) is 18.3 Å². The number of nitrogens with one attached hydrogen (secondary N) is 1. The van der Waals surface area contributed by atoms with E-state index in [9.17, 15) is 9.59 Å². The lowest BCUT2D eigenvalue weighted by Crippen LogP contribution is -2.48. The van der Waals surface area contributed by atoms with Gasteiger partial charge in [0.1, 0.15) is 15.9 Å². The zero-order valence-corrected chi connectivity index (χ0v) is 17.4. The van der Waals surface area contributed by atoms with Gasteiger partial charge in [-0.15, -0.1) is 0 Å². The van der Waals surface area contributed by atoms with Gasteiger partial charge in [0.2, 0.25) is 5.91 Å². The molecule has 2 amide bonds. The average Bonchev–Trinajstić information content (AvgIpc) is 3.08. The first-order valence-corrected chi connectivity index (χ1v) is 10.3. The minimum absolute atomic E-state index is 0.122. The molecule has 2 aromatic heterocycles. The molecule has 1 aliphatic rings. The number of hydrogen-bond acceptors (Lipinski definition) is 7. The van der Waals surface area contributed by atoms with Crippen LogP contribution < -0.4 is 10.2 Å². The maximum absolute atomic E-state index is 12.4. The minimum atomic E-state index is -0.515. The molecule has 3 heterocycles. The lowest BCUT2D eigenvalue weighted by atomic mass is 10.2. The molecule has 0 bridgehead atoms. The average molecular weight is 406 g/mol. The lowest BCUT2D eigenvalue weighted by Gasteiger charge is -2.34. The molecule has 0 atom stereocenters. The van der Waals surface area contributed by atoms with Crippen molar-refractivity contribution in [1.82, 2.24) is 20.2 Å². The first-order valence-electron chi connectivity index (χ1n) is 9.53. The molecule has 28 heavy (non-hydrogen) atoms. The van der Waals surface area contributed by atoms with E-state index in [1.807, 2.05) is 37.8 Å². The van der Waals surface area contributed by atoms with Gasteiger partial charge in [0.05, 0.1) is 0 Å². The molecule has 1 fully saturated rings. The summed E-state index contributed by atoms with van der Waals surface area (Å²) >= 11 is 1.58. The summed E-state index contributed by atoms with van der Waals surface area (Å²) < 4.78 is 5.18. The highest BCUT2D eigenvalue weighted by Gasteiger charge is 2.23. The second-order valence-electron chi connectivity index (χ2n) is 7.72. The van der Waals surface area contributed by atoms with Gasteiger partial charge in [0.25, 0.3) is 0 Å². The van der Waals surface area contributed by atoms with Crippen molar-refractivity contribution in [3.63, 3.8) is 0 Å². The molecule has 152 valence electrons. The zero-order valence-electron chi connectivity index (χ0n) is 16.6. The Morgan fingerprint density at radius 1 is 1.25 bits per heavy atom. The molecule has 8 nitrogen and oxygen atoms in total. The molecular formula is C19H27N5O3S. The molecule has 9 heteroatoms. The van der Waals surface area contributed by atoms with E-state index in [1.54, 1.807) is 17.5 Å². The Labute approximate surface area is 168 Å². The van der Waals surface area contributed by atoms with Gasteiger partial charge < -0.3 is 19.9 Å². The molecule has 2 aromatic rings. The molecule has 0 spiro atoms. The van der Waals surface area contributed by atoms with Crippen LogP contribution >= 0.6 is 11.3 Å². The van der Waals surface area contributed by atoms with E-state index in [1.165, 1.54) is 0 Å². The van der Waals surface area contributed by atoms with Crippen molar-refractivity contribution in [3.8, 4) is 0 Å². The van der Waals surface area contributed by atoms with Crippen LogP contribution in [0.2, 0.25) is 0 Å². The van der Waals surface area contributed by atoms with Crippen molar-refractivity contribution < 1.29 is 14.3 Å². The molecule has 0 unspecified atom stereocenters. The van der Waals surface area contributed by atoms with Crippen LogP contribution in [0.5, 0.6) is 0 Å². The molecule has 1 saturated heterocycles. The van der Waals surface area contributed by atoms with Crippen LogP contribution in [0.25, 0.3) is 10.3 Å². The fourth-order valence-corrected chi connectivity index (χ4v) is 3.90. The standard InChI is InChI=1S/C19H27N5O3S/c1-19(2,3)27-18(26)21-9-5-7-15(25)23-10-12-24(13-11-23)17-22-14-6-4-8-20-16(14)28-17/h4,6,8H,5,7,9-13H2,1-3H3,(H,21,26). The third-order valence-corrected chi connectivity index (χ3v) is 5.33. The van der Waals surface area contributed by atoms with Gasteiger partial charge in [-0.05, 0) is 39.3 Å². The highest BCUT2D eigenvalue weighted by atomic mass is 32.1. The summed E-state index contributed by atoms with van der Waals surface area (Å²) in [6, 6.07) is 3.85. The fraction of sp³-hybridized carbons (Fsp3) is 0.579. The number of carbonyl (C=O) groups is 2. The third-order valence-electron chi connectivity index (χ3n) is 4.29. The van der Waals surface area contributed by atoms with Gasteiger partial charge in [0, 0.05) is 45.3 Å². The SMILES string of the molecule is CC(C)(C)OC(=O)NCCCC(=O)N1CCN(c2nc3cccnc3s2)CC1. The second-order valence-corrected chi connectivity index (χ2v) is 8.68. The van der Waals surface area contributed by atoms with Crippen molar-refractivity contribution in [3.05, 3.63) is 18.3 Å². The summed E-state index contributed by atoms with van der Waals surface area (Å²) in [5.41, 5.74) is 0.400. The molecule has 0 aliphatic carbocycles. The molecule has 1 aliphatic heterocycles. The number of aromatic nitrogens is 2. The topological polar surface area (TPSA) is 87.7 Å². The number of amides is 2. The van der Waals surface area contributed by atoms with Crippen LogP contribution in [0, 0.1) is 0 Å². The van der Waals surface area contributed by atoms with E-state index < -0.39 is 11.7 Å². The Balaban J connectivity index is 1.38. The van der Waals surface area contributed by atoms with Crippen molar-refractivity contribution in [1.29, 1.82) is 0 Å². The van der Waals surface area contributed by atoms with Gasteiger partial charge in [-0.25, -0.2) is 14.8 Å². The third kappa shape index (κ3) is 5.54. The molecule has 3 rings (SSSR count). The number of rotatable bonds is 5. The van der Waals surface area contributed by atoms with Crippen LogP contribution in [-0.2, 0) is 9.53 Å². The van der Waals surface area contributed by atoms with E-state index in [0.29, 0.717) is 32.5 Å². The molecular weight excluding hydrogens is 378 g/mol. The van der Waals surface area contributed by atoms with E-state index in [-0.39, 0.29) is 5.91 Å². The number of pyridine rings is 1. The zero-order chi connectivity index (χ0) is 20.1. The molecule has 0 radical (unpaired) electrons. The fourth-order valence-electron chi connectivity index (χ4n) is 2.94. The van der Waals surface area contributed by atoms with E-state index in [4.69, 9.17) is 4.74 Å². The van der Waals surface area contributed by atoms with Crippen molar-refractivity contribution in [2.75, 3.05) is 37.6 Å². The Morgan fingerprint density at radius 2 is 2.00 bits per heavy atom. The number of ether oxygens (including phenoxy) is 1. The number of carbonyl (C=O) groups excluding carboxylic acids is 2. The quantitative estimate of drug-likeness (QED) is 0.770. The van der Waals surface area contributed by atoms with Crippen LogP contribution in [-0.4, -0.2) is 65.2 Å². The molecule has 0 aromatic carbocycles. The summed E-state index contributed by atoms with van der Waals surface area (Å²) in [5, 5.41) is 3.65. The molecule has 0 saturated carbocycles. The summed E-state index contributed by atoms with van der Waals surface area (Å²) in [7, 11) is 0. The Kier molecular flexibility index (Phi) is 6.33. The van der Waals surface area contributed by atoms with E-state index >= 15 is 0 Å². The van der Waals surface area contributed by atoms with Crippen LogP contribution in [0.1, 0.15) is 33.6 Å². The predicted molar refractivity (Wildman–Crippen MR) is 110 cm³/mol. The van der Waals surface area contributed by atoms with Gasteiger partial charge in [-0.1, -0.05) is 11.3 Å². The Hall–Kier alpha value is -2.42. The smallest absolute Gasteiger partial charge is 0.407 e. The van der Waals surface area contributed by atoms with Crippen LogP contribution in [0.3, 0.4) is 0 Å². The number of piperazine rings is 1. The van der Waals surface area contributed by atoms with E-state index in [2.05, 4.69) is 20.2 Å². The summed E-state index contributed by atoms with van der Waals surface area (Å²) in [5.74, 6) is 0.122. The number of fused-ring (bicyclic) bond motifs is 1. The Bertz CT molecular complexity index is 791. The summed E-state index contributed by atoms with van der Waals surface area (Å²) in [6.45, 7) is 8.79. The predicted octanol–water partition coefficient (Wildman–Crippen LogP) is 2.64. The molecule has 1 N–H and O–H groups in total. The number of hydrogen-bond donors (Lipinski definition) is 1. The number of thiazole rings is 1. The largest absolute Gasteiger partial charge is 0.444 e. The minimum Gasteiger partial charge on any atom is -0.444 e. The summed E-state index contributed by atoms with van der Waals surface area (Å²) in [4.78, 5) is 38.0. The van der Waals surface area contributed by atoms with Gasteiger partial charge in [-0.3, -0.25) is 4.79 Å². The first-order chi connectivity index (χ1) is 13.3. The number of nitrogens with zero attached hydrogens (tertiary/aromatic N) is 4. The monoisotopic (exact) mass is 405 g/mol. The number of anilines is 1. The van der Waals surface area contributed by atoms with Crippen molar-refractivity contribution in [2.24, 2.45) is 0 Å². The normalized spacial score (nSPS) is 15.0. The lowest BCUT2D eigenvalue weighted by molar-refractivity contribution is -0.131. The maximum Gasteiger partial charge on any atom is 0.407 e. The van der Waals surface area contributed by atoms with Gasteiger partial charge in [-0.2, -0.15) is 0 Å². The maximum atomic E-state index is 12.4.